The van der Waals surface area contributed by atoms with Crippen molar-refractivity contribution in [2.45, 2.75) is 0 Å². The van der Waals surface area contributed by atoms with Gasteiger partial charge < -0.3 is 19.0 Å². The summed E-state index contributed by atoms with van der Waals surface area (Å²) in [6, 6.07) is 0. The second kappa shape index (κ2) is 3.17. The highest BCUT2D eigenvalue weighted by molar-refractivity contribution is 5.91. The fraction of sp³-hybridized carbons (Fsp3) is 0.286. The monoisotopic (exact) mass is 172 g/mol. The molecular formula is C7H8O5. The van der Waals surface area contributed by atoms with E-state index in [1.165, 1.54) is 14.2 Å². The maximum atomic E-state index is 10.5. The van der Waals surface area contributed by atoms with E-state index >= 15 is 0 Å². The number of furan rings is 1. The fourth-order valence-corrected chi connectivity index (χ4v) is 0.811. The van der Waals surface area contributed by atoms with Crippen molar-refractivity contribution >= 4 is 5.97 Å². The van der Waals surface area contributed by atoms with Crippen LogP contribution in [0.5, 0.6) is 11.7 Å². The van der Waals surface area contributed by atoms with Gasteiger partial charge in [-0.2, -0.15) is 0 Å². The van der Waals surface area contributed by atoms with E-state index in [9.17, 15) is 4.79 Å². The van der Waals surface area contributed by atoms with E-state index in [1.54, 1.807) is 0 Å². The van der Waals surface area contributed by atoms with E-state index in [0.29, 0.717) is 0 Å². The predicted octanol–water partition coefficient (Wildman–Crippen LogP) is 0.995. The summed E-state index contributed by atoms with van der Waals surface area (Å²) < 4.78 is 14.3. The Morgan fingerprint density at radius 3 is 2.58 bits per heavy atom. The number of hydrogen-bond acceptors (Lipinski definition) is 4. The van der Waals surface area contributed by atoms with Crippen molar-refractivity contribution in [1.82, 2.24) is 0 Å². The van der Waals surface area contributed by atoms with Crippen LogP contribution in [0.2, 0.25) is 0 Å². The van der Waals surface area contributed by atoms with Crippen LogP contribution >= 0.6 is 0 Å². The van der Waals surface area contributed by atoms with Gasteiger partial charge in [-0.15, -0.1) is 0 Å². The molecule has 5 nitrogen and oxygen atoms in total. The zero-order valence-electron chi connectivity index (χ0n) is 6.66. The second-order valence-electron chi connectivity index (χ2n) is 1.98. The summed E-state index contributed by atoms with van der Waals surface area (Å²) >= 11 is 0. The molecule has 0 unspecified atom stereocenters. The highest BCUT2D eigenvalue weighted by Crippen LogP contribution is 2.32. The molecule has 1 N–H and O–H groups in total. The largest absolute Gasteiger partial charge is 0.489 e. The van der Waals surface area contributed by atoms with E-state index in [1.807, 2.05) is 0 Å². The highest BCUT2D eigenvalue weighted by Gasteiger charge is 2.20. The summed E-state index contributed by atoms with van der Waals surface area (Å²) in [6.45, 7) is 0. The topological polar surface area (TPSA) is 68.9 Å². The molecule has 66 valence electrons. The SMILES string of the molecule is COc1occ(C(=O)O)c1OC. The Morgan fingerprint density at radius 2 is 2.17 bits per heavy atom. The van der Waals surface area contributed by atoms with Crippen molar-refractivity contribution in [1.29, 1.82) is 0 Å². The lowest BCUT2D eigenvalue weighted by Gasteiger charge is -1.98. The summed E-state index contributed by atoms with van der Waals surface area (Å²) in [5, 5.41) is 8.61. The third-order valence-electron chi connectivity index (χ3n) is 1.33. The molecule has 0 bridgehead atoms. The van der Waals surface area contributed by atoms with Gasteiger partial charge in [0, 0.05) is 0 Å². The van der Waals surface area contributed by atoms with Gasteiger partial charge in [0.1, 0.15) is 11.8 Å². The van der Waals surface area contributed by atoms with Gasteiger partial charge in [-0.25, -0.2) is 4.79 Å². The van der Waals surface area contributed by atoms with Gasteiger partial charge in [-0.05, 0) is 0 Å². The van der Waals surface area contributed by atoms with Crippen LogP contribution in [0.3, 0.4) is 0 Å². The van der Waals surface area contributed by atoms with Crippen molar-refractivity contribution in [2.75, 3.05) is 14.2 Å². The first-order chi connectivity index (χ1) is 5.70. The molecule has 0 atom stereocenters. The number of hydrogen-bond donors (Lipinski definition) is 1. The average Bonchev–Trinajstić information content (AvgIpc) is 2.46. The molecule has 12 heavy (non-hydrogen) atoms. The Hall–Kier alpha value is -1.65. The molecule has 1 aromatic rings. The third kappa shape index (κ3) is 1.20. The molecule has 0 aliphatic heterocycles. The lowest BCUT2D eigenvalue weighted by atomic mass is 10.3. The lowest BCUT2D eigenvalue weighted by Crippen LogP contribution is -1.97. The van der Waals surface area contributed by atoms with E-state index in [0.717, 1.165) is 6.26 Å². The third-order valence-corrected chi connectivity index (χ3v) is 1.33. The van der Waals surface area contributed by atoms with Crippen molar-refractivity contribution < 1.29 is 23.8 Å². The first kappa shape index (κ1) is 8.45. The fourth-order valence-electron chi connectivity index (χ4n) is 0.811. The van der Waals surface area contributed by atoms with Crippen LogP contribution in [0.25, 0.3) is 0 Å². The van der Waals surface area contributed by atoms with E-state index in [2.05, 4.69) is 0 Å². The maximum Gasteiger partial charge on any atom is 0.342 e. The van der Waals surface area contributed by atoms with Crippen LogP contribution in [0, 0.1) is 0 Å². The number of ether oxygens (including phenoxy) is 2. The average molecular weight is 172 g/mol. The van der Waals surface area contributed by atoms with Crippen LogP contribution in [-0.2, 0) is 0 Å². The molecule has 0 aromatic carbocycles. The standard InChI is InChI=1S/C7H8O5/c1-10-5-4(6(8)9)3-12-7(5)11-2/h3H,1-2H3,(H,8,9). The van der Waals surface area contributed by atoms with Crippen molar-refractivity contribution in [3.8, 4) is 11.7 Å². The summed E-state index contributed by atoms with van der Waals surface area (Å²) in [6.07, 6.45) is 1.07. The molecule has 5 heteroatoms. The number of carboxylic acids is 1. The van der Waals surface area contributed by atoms with E-state index in [4.69, 9.17) is 19.0 Å². The minimum absolute atomic E-state index is 0.0469. The molecule has 0 aliphatic rings. The van der Waals surface area contributed by atoms with Gasteiger partial charge in [0.05, 0.1) is 14.2 Å². The van der Waals surface area contributed by atoms with Gasteiger partial charge in [0.15, 0.2) is 0 Å². The number of methoxy groups -OCH3 is 2. The molecule has 1 aromatic heterocycles. The van der Waals surface area contributed by atoms with E-state index < -0.39 is 5.97 Å². The number of rotatable bonds is 3. The molecule has 0 amide bonds. The Balaban J connectivity index is 3.13. The Labute approximate surface area is 68.5 Å². The molecule has 0 saturated heterocycles. The van der Waals surface area contributed by atoms with E-state index in [-0.39, 0.29) is 17.3 Å². The Morgan fingerprint density at radius 1 is 1.50 bits per heavy atom. The number of carboxylic acid groups (broad SMARTS) is 1. The molecule has 0 radical (unpaired) electrons. The smallest absolute Gasteiger partial charge is 0.342 e. The first-order valence-corrected chi connectivity index (χ1v) is 3.13. The minimum atomic E-state index is -1.11. The van der Waals surface area contributed by atoms with Crippen LogP contribution in [0.4, 0.5) is 0 Å². The summed E-state index contributed by atoms with van der Waals surface area (Å²) in [7, 11) is 2.72. The summed E-state index contributed by atoms with van der Waals surface area (Å²) in [4.78, 5) is 10.5. The number of carbonyl (C=O) groups is 1. The predicted molar refractivity (Wildman–Crippen MR) is 38.8 cm³/mol. The molecule has 0 aliphatic carbocycles. The lowest BCUT2D eigenvalue weighted by molar-refractivity contribution is 0.0693. The van der Waals surface area contributed by atoms with Crippen LogP contribution < -0.4 is 9.47 Å². The molecule has 1 heterocycles. The highest BCUT2D eigenvalue weighted by atomic mass is 16.6. The molecule has 0 fully saturated rings. The Bertz CT molecular complexity index is 288. The zero-order chi connectivity index (χ0) is 9.14. The van der Waals surface area contributed by atoms with Crippen LogP contribution in [-0.4, -0.2) is 25.3 Å². The normalized spacial score (nSPS) is 9.50. The molecule has 0 spiro atoms. The van der Waals surface area contributed by atoms with Crippen molar-refractivity contribution in [3.63, 3.8) is 0 Å². The van der Waals surface area contributed by atoms with Gasteiger partial charge >= 0.3 is 11.9 Å². The van der Waals surface area contributed by atoms with Gasteiger partial charge in [0.25, 0.3) is 0 Å². The van der Waals surface area contributed by atoms with Gasteiger partial charge in [-0.3, -0.25) is 0 Å². The summed E-state index contributed by atoms with van der Waals surface area (Å²) in [5.74, 6) is -0.946. The van der Waals surface area contributed by atoms with Crippen molar-refractivity contribution in [3.05, 3.63) is 11.8 Å². The van der Waals surface area contributed by atoms with Gasteiger partial charge in [-0.1, -0.05) is 0 Å². The quantitative estimate of drug-likeness (QED) is 0.736. The van der Waals surface area contributed by atoms with Crippen LogP contribution in [0.15, 0.2) is 10.7 Å². The first-order valence-electron chi connectivity index (χ1n) is 3.13. The number of aromatic carboxylic acids is 1. The molecule has 0 saturated carbocycles. The minimum Gasteiger partial charge on any atom is -0.489 e. The second-order valence-corrected chi connectivity index (χ2v) is 1.98. The van der Waals surface area contributed by atoms with Crippen molar-refractivity contribution in [2.24, 2.45) is 0 Å². The molecular weight excluding hydrogens is 164 g/mol. The zero-order valence-corrected chi connectivity index (χ0v) is 6.66. The van der Waals surface area contributed by atoms with Crippen LogP contribution in [0.1, 0.15) is 10.4 Å². The van der Waals surface area contributed by atoms with Gasteiger partial charge in [0.2, 0.25) is 5.75 Å². The Kier molecular flexibility index (Phi) is 2.23. The summed E-state index contributed by atoms with van der Waals surface area (Å²) in [5.41, 5.74) is -0.0469. The maximum absolute atomic E-state index is 10.5. The molecule has 1 rings (SSSR count).